The summed E-state index contributed by atoms with van der Waals surface area (Å²) in [5.74, 6) is 0.411. The summed E-state index contributed by atoms with van der Waals surface area (Å²) in [4.78, 5) is 8.73. The maximum Gasteiger partial charge on any atom is 0.163 e. The number of hydrogen-bond donors (Lipinski definition) is 0. The van der Waals surface area contributed by atoms with Gasteiger partial charge in [0.2, 0.25) is 0 Å². The maximum absolute atomic E-state index is 6.23. The minimum atomic E-state index is 0.276. The van der Waals surface area contributed by atoms with Gasteiger partial charge in [-0.05, 0) is 30.3 Å². The average molecular weight is 423 g/mol. The number of nitrogens with zero attached hydrogens (tertiary/aromatic N) is 2. The number of hydrogen-bond acceptors (Lipinski definition) is 2. The molecule has 2 nitrogen and oxygen atoms in total. The van der Waals surface area contributed by atoms with E-state index in [1.54, 1.807) is 18.2 Å². The molecule has 2 aromatic carbocycles. The minimum Gasteiger partial charge on any atom is -0.226 e. The molecule has 0 saturated heterocycles. The lowest BCUT2D eigenvalue weighted by molar-refractivity contribution is 1.23. The summed E-state index contributed by atoms with van der Waals surface area (Å²) in [6, 6.07) is 8.72. The summed E-state index contributed by atoms with van der Waals surface area (Å²) < 4.78 is 0.868. The third-order valence-corrected chi connectivity index (χ3v) is 4.44. The van der Waals surface area contributed by atoms with Crippen LogP contribution in [-0.4, -0.2) is 9.97 Å². The lowest BCUT2D eigenvalue weighted by atomic mass is 10.2. The molecule has 0 radical (unpaired) electrons. The normalized spacial score (nSPS) is 11.1. The Bertz CT molecular complexity index is 867. The molecule has 3 aromatic rings. The van der Waals surface area contributed by atoms with Crippen LogP contribution >= 0.6 is 62.3 Å². The van der Waals surface area contributed by atoms with E-state index in [-0.39, 0.29) is 5.15 Å². The van der Waals surface area contributed by atoms with Crippen molar-refractivity contribution < 1.29 is 0 Å². The van der Waals surface area contributed by atoms with Crippen molar-refractivity contribution in [2.75, 3.05) is 0 Å². The van der Waals surface area contributed by atoms with Crippen molar-refractivity contribution in [1.29, 1.82) is 0 Å². The Morgan fingerprint density at radius 3 is 2.33 bits per heavy atom. The molecule has 0 amide bonds. The third kappa shape index (κ3) is 2.99. The van der Waals surface area contributed by atoms with E-state index in [9.17, 15) is 0 Å². The average Bonchev–Trinajstić information content (AvgIpc) is 2.40. The van der Waals surface area contributed by atoms with Crippen LogP contribution in [0.5, 0.6) is 0 Å². The number of fused-ring (bicyclic) bond motifs is 1. The van der Waals surface area contributed by atoms with E-state index in [1.807, 2.05) is 12.1 Å². The number of halogens is 5. The van der Waals surface area contributed by atoms with E-state index >= 15 is 0 Å². The fourth-order valence-corrected chi connectivity index (χ4v) is 3.43. The van der Waals surface area contributed by atoms with Gasteiger partial charge >= 0.3 is 0 Å². The standard InChI is InChI=1S/C14H5BrCl4N2/c15-6-1-2-8(10(17)3-6)14-20-12-9(13(19)21-14)4-7(16)5-11(12)18/h1-5H. The van der Waals surface area contributed by atoms with Crippen LogP contribution in [0.15, 0.2) is 34.8 Å². The Kier molecular flexibility index (Phi) is 4.30. The van der Waals surface area contributed by atoms with Crippen LogP contribution in [0.2, 0.25) is 20.2 Å². The molecule has 0 aliphatic carbocycles. The Morgan fingerprint density at radius 2 is 1.62 bits per heavy atom. The lowest BCUT2D eigenvalue weighted by Gasteiger charge is -2.08. The van der Waals surface area contributed by atoms with Crippen molar-refractivity contribution in [3.05, 3.63) is 55.0 Å². The lowest BCUT2D eigenvalue weighted by Crippen LogP contribution is -1.93. The van der Waals surface area contributed by atoms with Crippen LogP contribution in [0.1, 0.15) is 0 Å². The first-order valence-electron chi connectivity index (χ1n) is 5.73. The Balaban J connectivity index is 2.30. The molecule has 7 heteroatoms. The van der Waals surface area contributed by atoms with Gasteiger partial charge in [-0.3, -0.25) is 0 Å². The predicted molar refractivity (Wildman–Crippen MR) is 92.7 cm³/mol. The van der Waals surface area contributed by atoms with Crippen LogP contribution in [0.3, 0.4) is 0 Å². The molecule has 106 valence electrons. The highest BCUT2D eigenvalue weighted by atomic mass is 79.9. The highest BCUT2D eigenvalue weighted by Crippen LogP contribution is 2.34. The monoisotopic (exact) mass is 420 g/mol. The quantitative estimate of drug-likeness (QED) is 0.409. The SMILES string of the molecule is Clc1cc(Cl)c2nc(-c3ccc(Br)cc3Cl)nc(Cl)c2c1. The summed E-state index contributed by atoms with van der Waals surface area (Å²) in [5, 5.41) is 2.29. The fourth-order valence-electron chi connectivity index (χ4n) is 1.91. The van der Waals surface area contributed by atoms with Crippen LogP contribution < -0.4 is 0 Å². The van der Waals surface area contributed by atoms with Crippen molar-refractivity contribution in [2.45, 2.75) is 0 Å². The van der Waals surface area contributed by atoms with Crippen molar-refractivity contribution >= 4 is 73.2 Å². The minimum absolute atomic E-state index is 0.276. The van der Waals surface area contributed by atoms with Crippen molar-refractivity contribution in [3.63, 3.8) is 0 Å². The van der Waals surface area contributed by atoms with Gasteiger partial charge in [0.15, 0.2) is 5.82 Å². The molecule has 0 bridgehead atoms. The van der Waals surface area contributed by atoms with E-state index in [0.717, 1.165) is 4.47 Å². The summed E-state index contributed by atoms with van der Waals surface area (Å²) in [7, 11) is 0. The first-order chi connectivity index (χ1) is 9.95. The third-order valence-electron chi connectivity index (χ3n) is 2.84. The topological polar surface area (TPSA) is 25.8 Å². The molecule has 0 aliphatic heterocycles. The molecular weight excluding hydrogens is 418 g/mol. The number of aromatic nitrogens is 2. The van der Waals surface area contributed by atoms with Crippen molar-refractivity contribution in [2.24, 2.45) is 0 Å². The second kappa shape index (κ2) is 5.90. The molecule has 0 spiro atoms. The summed E-state index contributed by atoms with van der Waals surface area (Å²) in [5.41, 5.74) is 1.21. The highest BCUT2D eigenvalue weighted by Gasteiger charge is 2.14. The second-order valence-electron chi connectivity index (χ2n) is 4.25. The predicted octanol–water partition coefficient (Wildman–Crippen LogP) is 6.67. The van der Waals surface area contributed by atoms with Gasteiger partial charge in [0, 0.05) is 20.4 Å². The summed E-state index contributed by atoms with van der Waals surface area (Å²) in [6.45, 7) is 0. The fraction of sp³-hybridized carbons (Fsp3) is 0. The Morgan fingerprint density at radius 1 is 0.857 bits per heavy atom. The molecule has 21 heavy (non-hydrogen) atoms. The van der Waals surface area contributed by atoms with Crippen LogP contribution in [-0.2, 0) is 0 Å². The van der Waals surface area contributed by atoms with Gasteiger partial charge in [-0.25, -0.2) is 9.97 Å². The second-order valence-corrected chi connectivity index (χ2v) is 6.77. The van der Waals surface area contributed by atoms with Crippen LogP contribution in [0.25, 0.3) is 22.3 Å². The van der Waals surface area contributed by atoms with E-state index in [0.29, 0.717) is 37.4 Å². The molecule has 3 rings (SSSR count). The van der Waals surface area contributed by atoms with Gasteiger partial charge in [0.1, 0.15) is 5.15 Å². The number of rotatable bonds is 1. The smallest absolute Gasteiger partial charge is 0.163 e. The van der Waals surface area contributed by atoms with Gasteiger partial charge in [0.25, 0.3) is 0 Å². The molecule has 1 aromatic heterocycles. The molecule has 1 heterocycles. The van der Waals surface area contributed by atoms with Gasteiger partial charge in [-0.15, -0.1) is 0 Å². The van der Waals surface area contributed by atoms with Gasteiger partial charge < -0.3 is 0 Å². The van der Waals surface area contributed by atoms with E-state index in [4.69, 9.17) is 46.4 Å². The van der Waals surface area contributed by atoms with E-state index in [2.05, 4.69) is 25.9 Å². The van der Waals surface area contributed by atoms with Gasteiger partial charge in [-0.2, -0.15) is 0 Å². The molecule has 0 fully saturated rings. The maximum atomic E-state index is 6.23. The summed E-state index contributed by atoms with van der Waals surface area (Å²) >= 11 is 28.0. The molecular formula is C14H5BrCl4N2. The Labute approximate surface area is 149 Å². The van der Waals surface area contributed by atoms with Crippen molar-refractivity contribution in [1.82, 2.24) is 9.97 Å². The largest absolute Gasteiger partial charge is 0.226 e. The molecule has 0 N–H and O–H groups in total. The van der Waals surface area contributed by atoms with E-state index in [1.165, 1.54) is 0 Å². The zero-order chi connectivity index (χ0) is 15.1. The van der Waals surface area contributed by atoms with Crippen molar-refractivity contribution in [3.8, 4) is 11.4 Å². The zero-order valence-corrected chi connectivity index (χ0v) is 14.8. The van der Waals surface area contributed by atoms with E-state index < -0.39 is 0 Å². The zero-order valence-electron chi connectivity index (χ0n) is 10.2. The first kappa shape index (κ1) is 15.3. The molecule has 0 atom stereocenters. The van der Waals surface area contributed by atoms with Gasteiger partial charge in [0.05, 0.1) is 15.6 Å². The molecule has 0 saturated carbocycles. The number of benzene rings is 2. The van der Waals surface area contributed by atoms with Gasteiger partial charge in [-0.1, -0.05) is 62.3 Å². The highest BCUT2D eigenvalue weighted by molar-refractivity contribution is 9.10. The van der Waals surface area contributed by atoms with Crippen LogP contribution in [0.4, 0.5) is 0 Å². The first-order valence-corrected chi connectivity index (χ1v) is 8.04. The molecule has 0 unspecified atom stereocenters. The summed E-state index contributed by atoms with van der Waals surface area (Å²) in [6.07, 6.45) is 0. The molecule has 0 aliphatic rings. The van der Waals surface area contributed by atoms with Crippen LogP contribution in [0, 0.1) is 0 Å². The Hall–Kier alpha value is -0.580.